The maximum Gasteiger partial charge on any atom is 0.244 e. The lowest BCUT2D eigenvalue weighted by Crippen LogP contribution is -2.33. The van der Waals surface area contributed by atoms with Crippen molar-refractivity contribution < 1.29 is 14.6 Å². The summed E-state index contributed by atoms with van der Waals surface area (Å²) in [5, 5.41) is 11.9. The van der Waals surface area contributed by atoms with Gasteiger partial charge >= 0.3 is 0 Å². The van der Waals surface area contributed by atoms with E-state index in [0.717, 1.165) is 16.9 Å². The molecule has 0 fully saturated rings. The van der Waals surface area contributed by atoms with E-state index in [-0.39, 0.29) is 17.9 Å². The van der Waals surface area contributed by atoms with Crippen LogP contribution in [0.25, 0.3) is 5.57 Å². The number of hydrogen-bond acceptors (Lipinski definition) is 3. The van der Waals surface area contributed by atoms with Crippen LogP contribution in [-0.4, -0.2) is 31.3 Å². The molecule has 0 aliphatic rings. The first-order valence-electron chi connectivity index (χ1n) is 7.10. The fraction of sp³-hybridized carbons (Fsp3) is 0.471. The molecule has 1 rings (SSSR count). The summed E-state index contributed by atoms with van der Waals surface area (Å²) in [6, 6.07) is 7.60. The number of amides is 1. The zero-order chi connectivity index (χ0) is 15.9. The highest BCUT2D eigenvalue weighted by molar-refractivity contribution is 5.95. The van der Waals surface area contributed by atoms with Crippen LogP contribution in [0.1, 0.15) is 32.8 Å². The number of ether oxygens (including phenoxy) is 1. The summed E-state index contributed by atoms with van der Waals surface area (Å²) in [5.41, 5.74) is 1.64. The number of aliphatic hydroxyl groups is 1. The second-order valence-electron chi connectivity index (χ2n) is 5.88. The lowest BCUT2D eigenvalue weighted by atomic mass is 9.90. The third-order valence-electron chi connectivity index (χ3n) is 3.41. The minimum absolute atomic E-state index is 0.114. The largest absolute Gasteiger partial charge is 0.496 e. The van der Waals surface area contributed by atoms with Crippen molar-refractivity contribution >= 4 is 11.5 Å². The van der Waals surface area contributed by atoms with Gasteiger partial charge in [-0.15, -0.1) is 0 Å². The van der Waals surface area contributed by atoms with E-state index in [1.807, 2.05) is 45.0 Å². The Morgan fingerprint density at radius 2 is 2.05 bits per heavy atom. The highest BCUT2D eigenvalue weighted by Gasteiger charge is 2.17. The maximum absolute atomic E-state index is 12.0. The van der Waals surface area contributed by atoms with Gasteiger partial charge in [-0.1, -0.05) is 32.0 Å². The molecule has 0 bridgehead atoms. The molecule has 4 heteroatoms. The number of aliphatic hydroxyl groups excluding tert-OH is 1. The molecule has 0 aliphatic carbocycles. The number of nitrogens with one attached hydrogen (secondary N) is 1. The van der Waals surface area contributed by atoms with Crippen LogP contribution in [0.2, 0.25) is 0 Å². The molecular formula is C17H25NO3. The normalized spacial score (nSPS) is 12.1. The number of para-hydroxylation sites is 1. The first-order chi connectivity index (χ1) is 9.89. The number of carbonyl (C=O) groups excluding carboxylic acids is 1. The Hall–Kier alpha value is -1.81. The minimum atomic E-state index is -0.135. The predicted molar refractivity (Wildman–Crippen MR) is 85.1 cm³/mol. The molecule has 0 unspecified atom stereocenters. The van der Waals surface area contributed by atoms with Gasteiger partial charge in [0.05, 0.1) is 7.11 Å². The fourth-order valence-electron chi connectivity index (χ4n) is 2.01. The zero-order valence-corrected chi connectivity index (χ0v) is 13.3. The standard InChI is InChI=1S/C17H25NO3/c1-13(14-7-5-6-8-15(14)21-4)11-16(20)18-12-17(2,3)9-10-19/h5-8,11,19H,9-10,12H2,1-4H3,(H,18,20)/b13-11+. The molecule has 0 saturated heterocycles. The van der Waals surface area contributed by atoms with Gasteiger partial charge in [0, 0.05) is 24.8 Å². The average Bonchev–Trinajstić information content (AvgIpc) is 2.45. The Bertz CT molecular complexity index is 507. The fourth-order valence-corrected chi connectivity index (χ4v) is 2.01. The molecule has 1 amide bonds. The molecule has 0 aromatic heterocycles. The van der Waals surface area contributed by atoms with Crippen LogP contribution in [0.4, 0.5) is 0 Å². The van der Waals surface area contributed by atoms with E-state index >= 15 is 0 Å². The van der Waals surface area contributed by atoms with Gasteiger partial charge in [-0.05, 0) is 30.4 Å². The highest BCUT2D eigenvalue weighted by Crippen LogP contribution is 2.25. The smallest absolute Gasteiger partial charge is 0.244 e. The second-order valence-corrected chi connectivity index (χ2v) is 5.88. The quantitative estimate of drug-likeness (QED) is 0.759. The summed E-state index contributed by atoms with van der Waals surface area (Å²) in [6.07, 6.45) is 2.23. The Balaban J connectivity index is 2.71. The maximum atomic E-state index is 12.0. The van der Waals surface area contributed by atoms with Crippen molar-refractivity contribution in [3.05, 3.63) is 35.9 Å². The van der Waals surface area contributed by atoms with Crippen molar-refractivity contribution in [2.75, 3.05) is 20.3 Å². The summed E-state index contributed by atoms with van der Waals surface area (Å²) in [5.74, 6) is 0.615. The number of benzene rings is 1. The van der Waals surface area contributed by atoms with Crippen LogP contribution < -0.4 is 10.1 Å². The van der Waals surface area contributed by atoms with Crippen LogP contribution in [0.5, 0.6) is 5.75 Å². The van der Waals surface area contributed by atoms with Crippen molar-refractivity contribution in [1.29, 1.82) is 0 Å². The molecule has 0 heterocycles. The van der Waals surface area contributed by atoms with E-state index in [1.165, 1.54) is 0 Å². The van der Waals surface area contributed by atoms with E-state index < -0.39 is 0 Å². The van der Waals surface area contributed by atoms with Gasteiger partial charge in [-0.3, -0.25) is 4.79 Å². The number of allylic oxidation sites excluding steroid dienone is 1. The molecule has 116 valence electrons. The Morgan fingerprint density at radius 1 is 1.38 bits per heavy atom. The van der Waals surface area contributed by atoms with E-state index in [2.05, 4.69) is 5.32 Å². The summed E-state index contributed by atoms with van der Waals surface area (Å²) < 4.78 is 5.29. The van der Waals surface area contributed by atoms with Crippen molar-refractivity contribution in [2.45, 2.75) is 27.2 Å². The molecule has 0 aliphatic heterocycles. The van der Waals surface area contributed by atoms with E-state index in [4.69, 9.17) is 9.84 Å². The average molecular weight is 291 g/mol. The highest BCUT2D eigenvalue weighted by atomic mass is 16.5. The summed E-state index contributed by atoms with van der Waals surface area (Å²) in [4.78, 5) is 12.0. The Labute approximate surface area is 126 Å². The topological polar surface area (TPSA) is 58.6 Å². The Kier molecular flexibility index (Phi) is 6.43. The molecule has 0 atom stereocenters. The molecule has 0 saturated carbocycles. The third-order valence-corrected chi connectivity index (χ3v) is 3.41. The monoisotopic (exact) mass is 291 g/mol. The molecule has 1 aromatic carbocycles. The second kappa shape index (κ2) is 7.84. The van der Waals surface area contributed by atoms with Crippen LogP contribution in [0, 0.1) is 5.41 Å². The van der Waals surface area contributed by atoms with Crippen LogP contribution >= 0.6 is 0 Å². The van der Waals surface area contributed by atoms with Crippen LogP contribution in [0.3, 0.4) is 0 Å². The molecule has 0 radical (unpaired) electrons. The number of hydrogen-bond donors (Lipinski definition) is 2. The summed E-state index contributed by atoms with van der Waals surface area (Å²) in [6.45, 7) is 6.57. The number of carbonyl (C=O) groups is 1. The summed E-state index contributed by atoms with van der Waals surface area (Å²) >= 11 is 0. The lowest BCUT2D eigenvalue weighted by Gasteiger charge is -2.23. The lowest BCUT2D eigenvalue weighted by molar-refractivity contribution is -0.116. The van der Waals surface area contributed by atoms with Crippen LogP contribution in [-0.2, 0) is 4.79 Å². The van der Waals surface area contributed by atoms with E-state index in [9.17, 15) is 4.79 Å². The van der Waals surface area contributed by atoms with Gasteiger partial charge in [-0.25, -0.2) is 0 Å². The molecule has 2 N–H and O–H groups in total. The Morgan fingerprint density at radius 3 is 2.67 bits per heavy atom. The molecule has 0 spiro atoms. The van der Waals surface area contributed by atoms with Gasteiger partial charge in [-0.2, -0.15) is 0 Å². The van der Waals surface area contributed by atoms with E-state index in [0.29, 0.717) is 13.0 Å². The summed E-state index contributed by atoms with van der Waals surface area (Å²) in [7, 11) is 1.61. The van der Waals surface area contributed by atoms with Gasteiger partial charge < -0.3 is 15.2 Å². The first kappa shape index (κ1) is 17.2. The minimum Gasteiger partial charge on any atom is -0.496 e. The van der Waals surface area contributed by atoms with E-state index in [1.54, 1.807) is 13.2 Å². The van der Waals surface area contributed by atoms with Crippen molar-refractivity contribution in [1.82, 2.24) is 5.32 Å². The number of methoxy groups -OCH3 is 1. The molecule has 21 heavy (non-hydrogen) atoms. The van der Waals surface area contributed by atoms with Crippen molar-refractivity contribution in [3.63, 3.8) is 0 Å². The van der Waals surface area contributed by atoms with Gasteiger partial charge in [0.25, 0.3) is 0 Å². The van der Waals surface area contributed by atoms with Gasteiger partial charge in [0.2, 0.25) is 5.91 Å². The van der Waals surface area contributed by atoms with Gasteiger partial charge in [0.1, 0.15) is 5.75 Å². The van der Waals surface area contributed by atoms with Crippen LogP contribution in [0.15, 0.2) is 30.3 Å². The molecular weight excluding hydrogens is 266 g/mol. The number of rotatable bonds is 7. The SMILES string of the molecule is COc1ccccc1/C(C)=C/C(=O)NCC(C)(C)CCO. The predicted octanol–water partition coefficient (Wildman–Crippen LogP) is 2.62. The first-order valence-corrected chi connectivity index (χ1v) is 7.10. The van der Waals surface area contributed by atoms with Gasteiger partial charge in [0.15, 0.2) is 0 Å². The van der Waals surface area contributed by atoms with Crippen molar-refractivity contribution in [2.24, 2.45) is 5.41 Å². The third kappa shape index (κ3) is 5.60. The molecule has 4 nitrogen and oxygen atoms in total. The van der Waals surface area contributed by atoms with Crippen molar-refractivity contribution in [3.8, 4) is 5.75 Å². The zero-order valence-electron chi connectivity index (χ0n) is 13.3. The molecule has 1 aromatic rings.